The number of benzene rings is 1. The van der Waals surface area contributed by atoms with Gasteiger partial charge in [-0.25, -0.2) is 9.97 Å². The zero-order valence-electron chi connectivity index (χ0n) is 17.8. The van der Waals surface area contributed by atoms with Crippen molar-refractivity contribution in [2.24, 2.45) is 0 Å². The Morgan fingerprint density at radius 2 is 1.85 bits per heavy atom. The molecule has 0 fully saturated rings. The molecule has 10 heteroatoms. The fourth-order valence-corrected chi connectivity index (χ4v) is 4.86. The van der Waals surface area contributed by atoms with Gasteiger partial charge in [0, 0.05) is 33.7 Å². The minimum atomic E-state index is 0.00615. The number of aromatic nitrogens is 7. The van der Waals surface area contributed by atoms with Crippen molar-refractivity contribution in [2.75, 3.05) is 4.90 Å². The number of nitrogens with zero attached hydrogens (tertiary/aromatic N) is 8. The maximum atomic E-state index is 6.23. The van der Waals surface area contributed by atoms with Crippen LogP contribution < -0.4 is 4.90 Å². The molecule has 1 aliphatic heterocycles. The number of anilines is 1. The van der Waals surface area contributed by atoms with Gasteiger partial charge in [-0.3, -0.25) is 9.13 Å². The van der Waals surface area contributed by atoms with E-state index in [4.69, 9.17) is 28.2 Å². The Morgan fingerprint density at radius 3 is 2.55 bits per heavy atom. The van der Waals surface area contributed by atoms with Crippen LogP contribution in [0.4, 0.5) is 5.82 Å². The smallest absolute Gasteiger partial charge is 0.237 e. The number of hydrogen-bond acceptors (Lipinski definition) is 6. The normalized spacial score (nSPS) is 16.3. The first-order chi connectivity index (χ1) is 16.0. The first-order valence-electron chi connectivity index (χ1n) is 10.5. The second-order valence-electron chi connectivity index (χ2n) is 7.84. The van der Waals surface area contributed by atoms with Gasteiger partial charge in [-0.1, -0.05) is 36.2 Å². The molecule has 8 nitrogen and oxygen atoms in total. The molecule has 0 saturated carbocycles. The molecule has 1 unspecified atom stereocenters. The van der Waals surface area contributed by atoms with E-state index >= 15 is 0 Å². The van der Waals surface area contributed by atoms with Crippen LogP contribution >= 0.6 is 23.2 Å². The molecule has 6 rings (SSSR count). The monoisotopic (exact) mass is 476 g/mol. The Kier molecular flexibility index (Phi) is 4.60. The van der Waals surface area contributed by atoms with E-state index in [9.17, 15) is 0 Å². The quantitative estimate of drug-likeness (QED) is 0.400. The first-order valence-corrected chi connectivity index (χ1v) is 11.3. The molecule has 0 spiro atoms. The summed E-state index contributed by atoms with van der Waals surface area (Å²) >= 11 is 12.5. The molecule has 0 amide bonds. The molecule has 0 saturated heterocycles. The second-order valence-corrected chi connectivity index (χ2v) is 8.72. The lowest BCUT2D eigenvalue weighted by molar-refractivity contribution is 0.572. The number of allylic oxidation sites excluding steroid dienone is 3. The summed E-state index contributed by atoms with van der Waals surface area (Å²) in [6.45, 7) is 4.08. The maximum absolute atomic E-state index is 6.23. The van der Waals surface area contributed by atoms with E-state index in [0.717, 1.165) is 40.8 Å². The molecule has 3 aromatic heterocycles. The fraction of sp³-hybridized carbons (Fsp3) is 0.174. The van der Waals surface area contributed by atoms with Crippen LogP contribution in [0.5, 0.6) is 0 Å². The van der Waals surface area contributed by atoms with E-state index in [-0.39, 0.29) is 6.04 Å². The first kappa shape index (κ1) is 20.1. The Bertz CT molecular complexity index is 1440. The van der Waals surface area contributed by atoms with Gasteiger partial charge in [0.05, 0.1) is 12.2 Å². The van der Waals surface area contributed by atoms with Crippen molar-refractivity contribution in [3.05, 3.63) is 82.4 Å². The van der Waals surface area contributed by atoms with E-state index in [1.165, 1.54) is 0 Å². The van der Waals surface area contributed by atoms with Crippen LogP contribution in [0.1, 0.15) is 31.0 Å². The fourth-order valence-electron chi connectivity index (χ4n) is 4.34. The van der Waals surface area contributed by atoms with E-state index < -0.39 is 0 Å². The molecule has 4 aromatic rings. The number of halogens is 2. The molecule has 164 valence electrons. The summed E-state index contributed by atoms with van der Waals surface area (Å²) in [5.74, 6) is 3.63. The molecule has 33 heavy (non-hydrogen) atoms. The van der Waals surface area contributed by atoms with Gasteiger partial charge in [0.25, 0.3) is 0 Å². The summed E-state index contributed by atoms with van der Waals surface area (Å²) in [4.78, 5) is 16.4. The molecular formula is C23H18Cl2N8. The third-order valence-corrected chi connectivity index (χ3v) is 6.28. The standard InChI is InChI=1S/C23H18Cl2N8/c1-3-18-22-30-29-13(2)32(22)19-12-27-23(28-21(19)33(18)17-5-4-6-17)31-8-7-26-20(31)14-9-15(24)11-16(25)10-14/h4-12,18H,3H2,1-2H3. The van der Waals surface area contributed by atoms with Crippen molar-refractivity contribution in [3.8, 4) is 23.0 Å². The second kappa shape index (κ2) is 7.54. The number of aryl methyl sites for hydroxylation is 1. The molecule has 1 atom stereocenters. The number of hydrogen-bond donors (Lipinski definition) is 0. The van der Waals surface area contributed by atoms with Crippen molar-refractivity contribution in [2.45, 2.75) is 26.3 Å². The minimum absolute atomic E-state index is 0.00615. The summed E-state index contributed by atoms with van der Waals surface area (Å²) in [6, 6.07) is 5.34. The number of imidazole rings is 1. The van der Waals surface area contributed by atoms with Crippen LogP contribution in [0.2, 0.25) is 10.0 Å². The average molecular weight is 477 g/mol. The van der Waals surface area contributed by atoms with Gasteiger partial charge in [0.2, 0.25) is 5.95 Å². The largest absolute Gasteiger partial charge is 0.314 e. The van der Waals surface area contributed by atoms with E-state index in [0.29, 0.717) is 21.8 Å². The maximum Gasteiger partial charge on any atom is 0.237 e. The van der Waals surface area contributed by atoms with Gasteiger partial charge >= 0.3 is 0 Å². The van der Waals surface area contributed by atoms with Crippen LogP contribution in [-0.2, 0) is 0 Å². The van der Waals surface area contributed by atoms with Crippen molar-refractivity contribution in [1.82, 2.24) is 34.3 Å². The predicted octanol–water partition coefficient (Wildman–Crippen LogP) is 5.25. The van der Waals surface area contributed by atoms with Gasteiger partial charge in [0.1, 0.15) is 17.3 Å². The highest BCUT2D eigenvalue weighted by atomic mass is 35.5. The molecule has 0 N–H and O–H groups in total. The summed E-state index contributed by atoms with van der Waals surface area (Å²) in [7, 11) is 0. The number of fused-ring (bicyclic) bond motifs is 3. The van der Waals surface area contributed by atoms with Crippen molar-refractivity contribution in [1.29, 1.82) is 0 Å². The van der Waals surface area contributed by atoms with Crippen LogP contribution in [-0.4, -0.2) is 34.3 Å². The molecular weight excluding hydrogens is 459 g/mol. The van der Waals surface area contributed by atoms with Crippen LogP contribution in [0.15, 0.2) is 60.7 Å². The Labute approximate surface area is 199 Å². The lowest BCUT2D eigenvalue weighted by atomic mass is 10.0. The summed E-state index contributed by atoms with van der Waals surface area (Å²) in [6.07, 6.45) is 12.4. The lowest BCUT2D eigenvalue weighted by Crippen LogP contribution is -2.36. The Balaban J connectivity index is 1.54. The average Bonchev–Trinajstić information content (AvgIpc) is 3.39. The highest BCUT2D eigenvalue weighted by molar-refractivity contribution is 6.35. The minimum Gasteiger partial charge on any atom is -0.314 e. The zero-order chi connectivity index (χ0) is 22.7. The molecule has 4 heterocycles. The van der Waals surface area contributed by atoms with E-state index in [1.54, 1.807) is 12.3 Å². The third kappa shape index (κ3) is 3.09. The van der Waals surface area contributed by atoms with Crippen molar-refractivity contribution >= 4 is 29.0 Å². The predicted molar refractivity (Wildman–Crippen MR) is 127 cm³/mol. The van der Waals surface area contributed by atoms with E-state index in [2.05, 4.69) is 44.1 Å². The van der Waals surface area contributed by atoms with Crippen LogP contribution in [0.25, 0.3) is 23.0 Å². The number of rotatable bonds is 4. The molecule has 1 aliphatic carbocycles. The van der Waals surface area contributed by atoms with Crippen molar-refractivity contribution in [3.63, 3.8) is 0 Å². The summed E-state index contributed by atoms with van der Waals surface area (Å²) in [5.41, 5.74) is 2.70. The van der Waals surface area contributed by atoms with Crippen LogP contribution in [0.3, 0.4) is 0 Å². The van der Waals surface area contributed by atoms with Gasteiger partial charge in [-0.15, -0.1) is 10.2 Å². The van der Waals surface area contributed by atoms with Gasteiger partial charge in [-0.2, -0.15) is 4.98 Å². The van der Waals surface area contributed by atoms with Crippen LogP contribution in [0, 0.1) is 6.92 Å². The van der Waals surface area contributed by atoms with Gasteiger partial charge < -0.3 is 4.90 Å². The Hall–Kier alpha value is -3.49. The highest BCUT2D eigenvalue weighted by Crippen LogP contribution is 2.42. The SMILES string of the molecule is CCC1c2nnc(C)n2-c2cnc(-n3ccnc3-c3cc(Cl)cc(Cl)c3)nc2N1C1=CC=C1. The highest BCUT2D eigenvalue weighted by Gasteiger charge is 2.37. The molecule has 1 aromatic carbocycles. The van der Waals surface area contributed by atoms with Gasteiger partial charge in [0.15, 0.2) is 11.6 Å². The van der Waals surface area contributed by atoms with Gasteiger partial charge in [-0.05, 0) is 43.7 Å². The topological polar surface area (TPSA) is 77.5 Å². The van der Waals surface area contributed by atoms with E-state index in [1.807, 2.05) is 46.7 Å². The molecule has 0 radical (unpaired) electrons. The summed E-state index contributed by atoms with van der Waals surface area (Å²) < 4.78 is 3.87. The summed E-state index contributed by atoms with van der Waals surface area (Å²) in [5, 5.41) is 9.87. The molecule has 0 bridgehead atoms. The zero-order valence-corrected chi connectivity index (χ0v) is 19.3. The molecule has 2 aliphatic rings. The third-order valence-electron chi connectivity index (χ3n) is 5.84. The Morgan fingerprint density at radius 1 is 1.06 bits per heavy atom. The lowest BCUT2D eigenvalue weighted by Gasteiger charge is -2.38. The van der Waals surface area contributed by atoms with Crippen molar-refractivity contribution < 1.29 is 0 Å².